The van der Waals surface area contributed by atoms with E-state index in [0.29, 0.717) is 50.7 Å². The molecular formula is C17H26ClN3O4. The van der Waals surface area contributed by atoms with Crippen molar-refractivity contribution in [1.82, 2.24) is 10.2 Å². The molecule has 0 saturated carbocycles. The first-order valence-corrected chi connectivity index (χ1v) is 8.09. The molecule has 2 N–H and O–H groups in total. The molecule has 1 heterocycles. The number of anilines is 1. The van der Waals surface area contributed by atoms with E-state index in [9.17, 15) is 9.59 Å². The van der Waals surface area contributed by atoms with E-state index in [1.54, 1.807) is 24.1 Å². The number of morpholine rings is 1. The predicted octanol–water partition coefficient (Wildman–Crippen LogP) is 1.06. The molecule has 0 radical (unpaired) electrons. The van der Waals surface area contributed by atoms with E-state index in [1.807, 2.05) is 13.0 Å². The zero-order valence-electron chi connectivity index (χ0n) is 14.7. The van der Waals surface area contributed by atoms with Crippen LogP contribution in [0.15, 0.2) is 18.2 Å². The van der Waals surface area contributed by atoms with E-state index in [4.69, 9.17) is 9.47 Å². The highest BCUT2D eigenvalue weighted by Gasteiger charge is 2.19. The average molecular weight is 372 g/mol. The molecule has 0 bridgehead atoms. The lowest BCUT2D eigenvalue weighted by molar-refractivity contribution is -0.115. The number of nitrogens with zero attached hydrogens (tertiary/aromatic N) is 1. The van der Waals surface area contributed by atoms with Crippen molar-refractivity contribution in [2.24, 2.45) is 0 Å². The summed E-state index contributed by atoms with van der Waals surface area (Å²) in [4.78, 5) is 26.3. The highest BCUT2D eigenvalue weighted by atomic mass is 35.5. The molecule has 7 nitrogen and oxygen atoms in total. The van der Waals surface area contributed by atoms with Crippen LogP contribution in [0.5, 0.6) is 0 Å². The van der Waals surface area contributed by atoms with Gasteiger partial charge in [-0.3, -0.25) is 9.59 Å². The van der Waals surface area contributed by atoms with Crippen LogP contribution in [-0.4, -0.2) is 69.8 Å². The van der Waals surface area contributed by atoms with Crippen LogP contribution in [0.4, 0.5) is 5.69 Å². The van der Waals surface area contributed by atoms with Crippen molar-refractivity contribution in [2.45, 2.75) is 6.92 Å². The molecule has 0 unspecified atom stereocenters. The van der Waals surface area contributed by atoms with E-state index >= 15 is 0 Å². The first-order valence-electron chi connectivity index (χ1n) is 8.09. The summed E-state index contributed by atoms with van der Waals surface area (Å²) in [5.41, 5.74) is 2.15. The molecule has 8 heteroatoms. The minimum absolute atomic E-state index is 0. The number of methoxy groups -OCH3 is 1. The molecule has 1 aromatic rings. The van der Waals surface area contributed by atoms with E-state index in [-0.39, 0.29) is 30.8 Å². The van der Waals surface area contributed by atoms with Gasteiger partial charge in [0.15, 0.2) is 0 Å². The lowest BCUT2D eigenvalue weighted by atomic mass is 10.1. The molecule has 25 heavy (non-hydrogen) atoms. The van der Waals surface area contributed by atoms with Crippen LogP contribution in [0.3, 0.4) is 0 Å². The highest BCUT2D eigenvalue weighted by molar-refractivity contribution is 5.98. The van der Waals surface area contributed by atoms with Crippen LogP contribution < -0.4 is 10.6 Å². The Balaban J connectivity index is 0.00000312. The van der Waals surface area contributed by atoms with Gasteiger partial charge in [0.25, 0.3) is 5.91 Å². The second-order valence-electron chi connectivity index (χ2n) is 5.65. The van der Waals surface area contributed by atoms with Gasteiger partial charge >= 0.3 is 0 Å². The summed E-state index contributed by atoms with van der Waals surface area (Å²) in [6.45, 7) is 5.58. The molecule has 140 valence electrons. The van der Waals surface area contributed by atoms with E-state index in [1.165, 1.54) is 0 Å². The molecule has 1 aromatic carbocycles. The summed E-state index contributed by atoms with van der Waals surface area (Å²) in [6, 6.07) is 5.38. The van der Waals surface area contributed by atoms with Crippen LogP contribution in [0.1, 0.15) is 15.9 Å². The van der Waals surface area contributed by atoms with Crippen molar-refractivity contribution in [3.63, 3.8) is 0 Å². The van der Waals surface area contributed by atoms with Gasteiger partial charge in [-0.25, -0.2) is 0 Å². The van der Waals surface area contributed by atoms with Gasteiger partial charge in [0, 0.05) is 38.0 Å². The summed E-state index contributed by atoms with van der Waals surface area (Å²) < 4.78 is 10.2. The zero-order chi connectivity index (χ0) is 17.4. The molecule has 0 atom stereocenters. The fourth-order valence-corrected chi connectivity index (χ4v) is 2.41. The molecular weight excluding hydrogens is 346 g/mol. The van der Waals surface area contributed by atoms with Gasteiger partial charge < -0.3 is 25.0 Å². The molecule has 0 aromatic heterocycles. The number of rotatable bonds is 7. The second kappa shape index (κ2) is 11.0. The number of hydrogen-bond donors (Lipinski definition) is 2. The largest absolute Gasteiger partial charge is 0.383 e. The number of benzene rings is 1. The monoisotopic (exact) mass is 371 g/mol. The van der Waals surface area contributed by atoms with Gasteiger partial charge in [-0.15, -0.1) is 12.4 Å². The zero-order valence-corrected chi connectivity index (χ0v) is 15.5. The lowest BCUT2D eigenvalue weighted by Gasteiger charge is -2.27. The Morgan fingerprint density at radius 3 is 2.68 bits per heavy atom. The minimum Gasteiger partial charge on any atom is -0.383 e. The van der Waals surface area contributed by atoms with Crippen molar-refractivity contribution >= 4 is 29.9 Å². The number of ether oxygens (including phenoxy) is 2. The molecule has 1 aliphatic heterocycles. The number of halogens is 1. The third-order valence-electron chi connectivity index (χ3n) is 3.83. The van der Waals surface area contributed by atoms with Gasteiger partial charge in [-0.2, -0.15) is 0 Å². The fraction of sp³-hybridized carbons (Fsp3) is 0.529. The Labute approximate surface area is 154 Å². The second-order valence-corrected chi connectivity index (χ2v) is 5.65. The van der Waals surface area contributed by atoms with E-state index < -0.39 is 0 Å². The molecule has 1 fully saturated rings. The Kier molecular flexibility index (Phi) is 9.44. The summed E-state index contributed by atoms with van der Waals surface area (Å²) in [7, 11) is 1.61. The van der Waals surface area contributed by atoms with Crippen LogP contribution in [0, 0.1) is 6.92 Å². The van der Waals surface area contributed by atoms with Crippen molar-refractivity contribution in [3.8, 4) is 0 Å². The third-order valence-corrected chi connectivity index (χ3v) is 3.83. The van der Waals surface area contributed by atoms with Crippen molar-refractivity contribution in [2.75, 3.05) is 58.4 Å². The maximum Gasteiger partial charge on any atom is 0.254 e. The summed E-state index contributed by atoms with van der Waals surface area (Å²) in [5.74, 6) is -0.183. The van der Waals surface area contributed by atoms with Gasteiger partial charge in [0.2, 0.25) is 5.91 Å². The number of nitrogens with one attached hydrogen (secondary N) is 2. The minimum atomic E-state index is -0.148. The normalized spacial score (nSPS) is 13.9. The van der Waals surface area contributed by atoms with Crippen LogP contribution >= 0.6 is 12.4 Å². The predicted molar refractivity (Wildman–Crippen MR) is 98.5 cm³/mol. The van der Waals surface area contributed by atoms with E-state index in [2.05, 4.69) is 10.6 Å². The lowest BCUT2D eigenvalue weighted by Crippen LogP contribution is -2.40. The third kappa shape index (κ3) is 6.62. The quantitative estimate of drug-likeness (QED) is 0.701. The summed E-state index contributed by atoms with van der Waals surface area (Å²) in [6.07, 6.45) is 0. The Morgan fingerprint density at radius 1 is 1.28 bits per heavy atom. The Bertz CT molecular complexity index is 577. The first kappa shape index (κ1) is 21.4. The highest BCUT2D eigenvalue weighted by Crippen LogP contribution is 2.18. The molecule has 2 amide bonds. The number of amides is 2. The van der Waals surface area contributed by atoms with Crippen molar-refractivity contribution in [3.05, 3.63) is 29.3 Å². The molecule has 0 spiro atoms. The Morgan fingerprint density at radius 2 is 2.00 bits per heavy atom. The first-order chi connectivity index (χ1) is 11.6. The molecule has 1 aliphatic rings. The maximum atomic E-state index is 12.5. The van der Waals surface area contributed by atoms with Gasteiger partial charge in [-0.05, 0) is 24.6 Å². The standard InChI is InChI=1S/C17H25N3O4.ClH/c1-13-3-4-14(17(22)20-6-9-24-10-7-20)11-15(13)19-16(21)12-18-5-8-23-2;/h3-4,11,18H,5-10,12H2,1-2H3,(H,19,21);1H. The van der Waals surface area contributed by atoms with Gasteiger partial charge in [0.1, 0.15) is 0 Å². The smallest absolute Gasteiger partial charge is 0.254 e. The summed E-state index contributed by atoms with van der Waals surface area (Å²) in [5, 5.41) is 5.84. The SMILES string of the molecule is COCCNCC(=O)Nc1cc(C(=O)N2CCOCC2)ccc1C.Cl. The number of carbonyl (C=O) groups excluding carboxylic acids is 2. The van der Waals surface area contributed by atoms with Gasteiger partial charge in [-0.1, -0.05) is 6.07 Å². The van der Waals surface area contributed by atoms with Crippen molar-refractivity contribution in [1.29, 1.82) is 0 Å². The Hall–Kier alpha value is -1.67. The number of hydrogen-bond acceptors (Lipinski definition) is 5. The topological polar surface area (TPSA) is 79.9 Å². The van der Waals surface area contributed by atoms with Crippen LogP contribution in [0.25, 0.3) is 0 Å². The van der Waals surface area contributed by atoms with Crippen LogP contribution in [0.2, 0.25) is 0 Å². The maximum absolute atomic E-state index is 12.5. The summed E-state index contributed by atoms with van der Waals surface area (Å²) >= 11 is 0. The molecule has 0 aliphatic carbocycles. The fourth-order valence-electron chi connectivity index (χ4n) is 2.41. The number of aryl methyl sites for hydroxylation is 1. The number of carbonyl (C=O) groups is 2. The average Bonchev–Trinajstić information content (AvgIpc) is 2.61. The molecule has 1 saturated heterocycles. The van der Waals surface area contributed by atoms with Gasteiger partial charge in [0.05, 0.1) is 26.4 Å². The van der Waals surface area contributed by atoms with E-state index in [0.717, 1.165) is 5.56 Å². The molecule has 2 rings (SSSR count). The van der Waals surface area contributed by atoms with Crippen molar-refractivity contribution < 1.29 is 19.1 Å². The van der Waals surface area contributed by atoms with Crippen LogP contribution in [-0.2, 0) is 14.3 Å².